The number of allylic oxidation sites excluding steroid dienone is 2. The molecule has 0 aliphatic carbocycles. The molecule has 0 radical (unpaired) electrons. The summed E-state index contributed by atoms with van der Waals surface area (Å²) in [5.74, 6) is 0. The second kappa shape index (κ2) is 6.38. The van der Waals surface area contributed by atoms with Crippen LogP contribution in [0.2, 0.25) is 0 Å². The van der Waals surface area contributed by atoms with Crippen molar-refractivity contribution in [2.45, 2.75) is 12.8 Å². The minimum atomic E-state index is 0.763. The minimum Gasteiger partial charge on any atom is -0.373 e. The first-order chi connectivity index (χ1) is 8.77. The molecule has 18 heavy (non-hydrogen) atoms. The highest BCUT2D eigenvalue weighted by molar-refractivity contribution is 5.79. The summed E-state index contributed by atoms with van der Waals surface area (Å²) >= 11 is 0. The van der Waals surface area contributed by atoms with Crippen LogP contribution in [-0.2, 0) is 0 Å². The molecule has 2 aliphatic heterocycles. The molecule has 0 aromatic carbocycles. The maximum absolute atomic E-state index is 4.41. The van der Waals surface area contributed by atoms with Gasteiger partial charge in [0.15, 0.2) is 0 Å². The lowest BCUT2D eigenvalue weighted by atomic mass is 10.4. The first-order valence-corrected chi connectivity index (χ1v) is 6.59. The largest absolute Gasteiger partial charge is 0.373 e. The van der Waals surface area contributed by atoms with Gasteiger partial charge < -0.3 is 9.80 Å². The zero-order valence-corrected chi connectivity index (χ0v) is 11.3. The molecular formula is C14H22N4. The van der Waals surface area contributed by atoms with Crippen LogP contribution in [-0.4, -0.2) is 62.5 Å². The monoisotopic (exact) mass is 246 g/mol. The molecule has 2 aliphatic rings. The topological polar surface area (TPSA) is 31.2 Å². The highest BCUT2D eigenvalue weighted by atomic mass is 15.1. The van der Waals surface area contributed by atoms with Crippen molar-refractivity contribution in [2.24, 2.45) is 9.98 Å². The van der Waals surface area contributed by atoms with Gasteiger partial charge in [0.05, 0.1) is 24.5 Å². The van der Waals surface area contributed by atoms with E-state index in [0.717, 1.165) is 39.0 Å². The van der Waals surface area contributed by atoms with E-state index in [1.165, 1.54) is 11.4 Å². The van der Waals surface area contributed by atoms with Gasteiger partial charge in [0.1, 0.15) is 0 Å². The first kappa shape index (κ1) is 12.9. The maximum atomic E-state index is 4.41. The molecule has 0 atom stereocenters. The summed E-state index contributed by atoms with van der Waals surface area (Å²) in [6.07, 6.45) is 10.6. The summed E-state index contributed by atoms with van der Waals surface area (Å²) in [6, 6.07) is 0. The summed E-state index contributed by atoms with van der Waals surface area (Å²) in [6.45, 7) is 3.75. The predicted molar refractivity (Wildman–Crippen MR) is 77.4 cm³/mol. The summed E-state index contributed by atoms with van der Waals surface area (Å²) in [4.78, 5) is 13.3. The van der Waals surface area contributed by atoms with Gasteiger partial charge in [-0.05, 0) is 12.8 Å². The smallest absolute Gasteiger partial charge is 0.0586 e. The van der Waals surface area contributed by atoms with Gasteiger partial charge in [-0.25, -0.2) is 0 Å². The highest BCUT2D eigenvalue weighted by Crippen LogP contribution is 2.10. The van der Waals surface area contributed by atoms with Gasteiger partial charge in [-0.2, -0.15) is 0 Å². The van der Waals surface area contributed by atoms with Gasteiger partial charge in [0.25, 0.3) is 0 Å². The lowest BCUT2D eigenvalue weighted by Gasteiger charge is -2.11. The van der Waals surface area contributed by atoms with E-state index in [1.807, 2.05) is 12.4 Å². The van der Waals surface area contributed by atoms with Crippen molar-refractivity contribution < 1.29 is 0 Å². The molecule has 0 N–H and O–H groups in total. The molecule has 4 nitrogen and oxygen atoms in total. The Morgan fingerprint density at radius 2 is 1.39 bits per heavy atom. The van der Waals surface area contributed by atoms with E-state index in [1.54, 1.807) is 0 Å². The highest BCUT2D eigenvalue weighted by Gasteiger charge is 2.07. The molecule has 0 unspecified atom stereocenters. The molecule has 0 aromatic rings. The molecule has 0 saturated carbocycles. The molecule has 4 heteroatoms. The normalized spacial score (nSPS) is 20.3. The molecule has 0 saturated heterocycles. The van der Waals surface area contributed by atoms with Crippen molar-refractivity contribution >= 4 is 12.4 Å². The fraction of sp³-hybridized carbons (Fsp3) is 0.571. The van der Waals surface area contributed by atoms with Crippen LogP contribution in [0.15, 0.2) is 33.5 Å². The number of rotatable bonds is 5. The van der Waals surface area contributed by atoms with E-state index in [2.05, 4.69) is 46.0 Å². The number of hydrogen-bond donors (Lipinski definition) is 0. The van der Waals surface area contributed by atoms with Crippen LogP contribution in [0.25, 0.3) is 0 Å². The Hall–Kier alpha value is -1.58. The average molecular weight is 246 g/mol. The van der Waals surface area contributed by atoms with E-state index < -0.39 is 0 Å². The van der Waals surface area contributed by atoms with Crippen LogP contribution in [0.3, 0.4) is 0 Å². The van der Waals surface area contributed by atoms with Gasteiger partial charge in [-0.15, -0.1) is 0 Å². The van der Waals surface area contributed by atoms with E-state index in [9.17, 15) is 0 Å². The van der Waals surface area contributed by atoms with Gasteiger partial charge in [-0.3, -0.25) is 9.98 Å². The van der Waals surface area contributed by atoms with Gasteiger partial charge in [0.2, 0.25) is 0 Å². The third-order valence-corrected chi connectivity index (χ3v) is 3.32. The Kier molecular flexibility index (Phi) is 4.56. The van der Waals surface area contributed by atoms with Gasteiger partial charge in [-0.1, -0.05) is 12.2 Å². The summed E-state index contributed by atoms with van der Waals surface area (Å²) in [5.41, 5.74) is 2.47. The van der Waals surface area contributed by atoms with Gasteiger partial charge in [0, 0.05) is 39.6 Å². The number of hydrogen-bond acceptors (Lipinski definition) is 4. The zero-order chi connectivity index (χ0) is 12.8. The Labute approximate surface area is 109 Å². The quantitative estimate of drug-likeness (QED) is 0.544. The lowest BCUT2D eigenvalue weighted by molar-refractivity contribution is 0.480. The minimum absolute atomic E-state index is 0.763. The lowest BCUT2D eigenvalue weighted by Crippen LogP contribution is -2.14. The van der Waals surface area contributed by atoms with E-state index in [-0.39, 0.29) is 0 Å². The Balaban J connectivity index is 1.67. The Bertz CT molecular complexity index is 355. The molecule has 0 aromatic heterocycles. The van der Waals surface area contributed by atoms with E-state index >= 15 is 0 Å². The summed E-state index contributed by atoms with van der Waals surface area (Å²) in [7, 11) is 4.21. The molecule has 0 fully saturated rings. The Morgan fingerprint density at radius 1 is 0.944 bits per heavy atom. The van der Waals surface area contributed by atoms with Gasteiger partial charge >= 0.3 is 0 Å². The second-order valence-electron chi connectivity index (χ2n) is 4.75. The van der Waals surface area contributed by atoms with E-state index in [4.69, 9.17) is 0 Å². The molecule has 0 bridgehead atoms. The van der Waals surface area contributed by atoms with Crippen LogP contribution in [0.1, 0.15) is 12.8 Å². The Morgan fingerprint density at radius 3 is 1.72 bits per heavy atom. The van der Waals surface area contributed by atoms with Crippen molar-refractivity contribution in [1.29, 1.82) is 0 Å². The third-order valence-electron chi connectivity index (χ3n) is 3.32. The van der Waals surface area contributed by atoms with Crippen molar-refractivity contribution in [3.63, 3.8) is 0 Å². The summed E-state index contributed by atoms with van der Waals surface area (Å²) in [5, 5.41) is 0. The first-order valence-electron chi connectivity index (χ1n) is 6.59. The van der Waals surface area contributed by atoms with Crippen molar-refractivity contribution in [3.05, 3.63) is 23.5 Å². The second-order valence-corrected chi connectivity index (χ2v) is 4.75. The van der Waals surface area contributed by atoms with Crippen LogP contribution >= 0.6 is 0 Å². The standard InChI is InChI=1S/C14H22N4/c1-17-9-3-5-13(17)11-15-7-8-16-12-14-6-4-10-18(14)2/h5-6,11-12H,3-4,7-10H2,1-2H3. The SMILES string of the molecule is CN1CCC=C1C=NCCN=CC1=CCCN1C. The fourth-order valence-electron chi connectivity index (χ4n) is 2.12. The van der Waals surface area contributed by atoms with Crippen molar-refractivity contribution in [3.8, 4) is 0 Å². The molecule has 2 rings (SSSR count). The summed E-state index contributed by atoms with van der Waals surface area (Å²) < 4.78 is 0. The number of nitrogens with zero attached hydrogens (tertiary/aromatic N) is 4. The van der Waals surface area contributed by atoms with Crippen LogP contribution < -0.4 is 0 Å². The maximum Gasteiger partial charge on any atom is 0.0586 e. The van der Waals surface area contributed by atoms with Crippen LogP contribution in [0.4, 0.5) is 0 Å². The zero-order valence-electron chi connectivity index (χ0n) is 11.3. The molecule has 0 amide bonds. The molecule has 2 heterocycles. The average Bonchev–Trinajstić information content (AvgIpc) is 2.94. The van der Waals surface area contributed by atoms with Crippen LogP contribution in [0.5, 0.6) is 0 Å². The third kappa shape index (κ3) is 3.45. The van der Waals surface area contributed by atoms with Crippen molar-refractivity contribution in [1.82, 2.24) is 9.80 Å². The fourth-order valence-corrected chi connectivity index (χ4v) is 2.12. The van der Waals surface area contributed by atoms with Crippen molar-refractivity contribution in [2.75, 3.05) is 40.3 Å². The molecule has 98 valence electrons. The molecule has 0 spiro atoms. The van der Waals surface area contributed by atoms with Crippen LogP contribution in [0, 0.1) is 0 Å². The predicted octanol–water partition coefficient (Wildman–Crippen LogP) is 1.57. The van der Waals surface area contributed by atoms with E-state index in [0.29, 0.717) is 0 Å². The number of aliphatic imine (C=N–C) groups is 2. The molecular weight excluding hydrogens is 224 g/mol.